The van der Waals surface area contributed by atoms with Crippen LogP contribution < -0.4 is 0 Å². The summed E-state index contributed by atoms with van der Waals surface area (Å²) >= 11 is 0. The maximum atomic E-state index is 6.05. The summed E-state index contributed by atoms with van der Waals surface area (Å²) in [6, 6.07) is 0. The fraction of sp³-hybridized carbons (Fsp3) is 0.529. The lowest BCUT2D eigenvalue weighted by Gasteiger charge is -2.35. The van der Waals surface area contributed by atoms with Gasteiger partial charge in [0.2, 0.25) is 0 Å². The molecule has 2 atom stereocenters. The first-order chi connectivity index (χ1) is 12.3. The quantitative estimate of drug-likeness (QED) is 0.718. The van der Waals surface area contributed by atoms with E-state index in [0.717, 1.165) is 49.6 Å². The monoisotopic (exact) mass is 340 g/mol. The molecule has 3 aromatic heterocycles. The summed E-state index contributed by atoms with van der Waals surface area (Å²) in [4.78, 5) is 15.4. The van der Waals surface area contributed by atoms with Gasteiger partial charge < -0.3 is 9.26 Å². The number of rotatable bonds is 4. The highest BCUT2D eigenvalue weighted by atomic mass is 16.5. The van der Waals surface area contributed by atoms with E-state index in [4.69, 9.17) is 9.26 Å². The number of hydrogen-bond donors (Lipinski definition) is 0. The highest BCUT2D eigenvalue weighted by Crippen LogP contribution is 2.39. The van der Waals surface area contributed by atoms with Gasteiger partial charge in [0.15, 0.2) is 11.5 Å². The summed E-state index contributed by atoms with van der Waals surface area (Å²) in [5.41, 5.74) is 2.00. The van der Waals surface area contributed by atoms with Crippen molar-refractivity contribution >= 4 is 5.65 Å². The minimum absolute atomic E-state index is 0.107. The van der Waals surface area contributed by atoms with Gasteiger partial charge in [0.1, 0.15) is 6.10 Å². The molecule has 5 rings (SSSR count). The van der Waals surface area contributed by atoms with Crippen molar-refractivity contribution in [3.8, 4) is 0 Å². The molecule has 25 heavy (non-hydrogen) atoms. The van der Waals surface area contributed by atoms with E-state index >= 15 is 0 Å². The molecule has 1 saturated carbocycles. The van der Waals surface area contributed by atoms with Gasteiger partial charge in [-0.2, -0.15) is 4.98 Å². The van der Waals surface area contributed by atoms with Gasteiger partial charge in [-0.05, 0) is 19.8 Å². The van der Waals surface area contributed by atoms with Crippen LogP contribution in [0, 0.1) is 0 Å². The molecule has 0 unspecified atom stereocenters. The number of nitrogens with zero attached hydrogens (tertiary/aromatic N) is 6. The van der Waals surface area contributed by atoms with E-state index in [1.54, 1.807) is 12.4 Å². The van der Waals surface area contributed by atoms with Crippen LogP contribution in [0.4, 0.5) is 0 Å². The summed E-state index contributed by atoms with van der Waals surface area (Å²) in [6.07, 6.45) is 9.66. The predicted molar refractivity (Wildman–Crippen MR) is 87.8 cm³/mol. The van der Waals surface area contributed by atoms with Crippen molar-refractivity contribution in [2.45, 2.75) is 44.4 Å². The zero-order valence-electron chi connectivity index (χ0n) is 14.1. The standard InChI is InChI=1S/C17H20N6O2/c1-11-8-22(9-13-6-19-15-7-18-4-5-23(13)15)10-14(24-11)17-20-16(21-25-17)12-2-3-12/h4-7,11-12,14H,2-3,8-10H2,1H3/t11-,14-/m1/s1. The van der Waals surface area contributed by atoms with Crippen LogP contribution in [-0.2, 0) is 11.3 Å². The van der Waals surface area contributed by atoms with E-state index in [-0.39, 0.29) is 12.2 Å². The van der Waals surface area contributed by atoms with E-state index in [0.29, 0.717) is 11.8 Å². The predicted octanol–water partition coefficient (Wildman–Crippen LogP) is 1.95. The molecule has 8 nitrogen and oxygen atoms in total. The number of ether oxygens (including phenoxy) is 1. The van der Waals surface area contributed by atoms with Crippen LogP contribution in [-0.4, -0.2) is 48.6 Å². The van der Waals surface area contributed by atoms with Crippen molar-refractivity contribution in [2.75, 3.05) is 13.1 Å². The Hall–Kier alpha value is -2.32. The molecule has 0 amide bonds. The number of morpholine rings is 1. The van der Waals surface area contributed by atoms with Crippen molar-refractivity contribution in [1.82, 2.24) is 29.4 Å². The molecule has 130 valence electrons. The maximum Gasteiger partial charge on any atom is 0.257 e. The normalized spacial score (nSPS) is 24.8. The van der Waals surface area contributed by atoms with Crippen molar-refractivity contribution in [3.05, 3.63) is 42.2 Å². The Balaban J connectivity index is 1.34. The largest absolute Gasteiger partial charge is 0.363 e. The van der Waals surface area contributed by atoms with E-state index in [2.05, 4.69) is 36.3 Å². The molecule has 8 heteroatoms. The fourth-order valence-corrected chi connectivity index (χ4v) is 3.43. The van der Waals surface area contributed by atoms with Crippen LogP contribution in [0.5, 0.6) is 0 Å². The Kier molecular flexibility index (Phi) is 3.53. The second kappa shape index (κ2) is 5.89. The Morgan fingerprint density at radius 3 is 3.04 bits per heavy atom. The van der Waals surface area contributed by atoms with Crippen molar-refractivity contribution < 1.29 is 9.26 Å². The van der Waals surface area contributed by atoms with Gasteiger partial charge in [0, 0.05) is 37.9 Å². The molecule has 1 saturated heterocycles. The van der Waals surface area contributed by atoms with Crippen LogP contribution in [0.2, 0.25) is 0 Å². The van der Waals surface area contributed by atoms with Gasteiger partial charge in [-0.3, -0.25) is 14.3 Å². The van der Waals surface area contributed by atoms with Gasteiger partial charge in [-0.25, -0.2) is 4.98 Å². The van der Waals surface area contributed by atoms with Crippen molar-refractivity contribution in [1.29, 1.82) is 0 Å². The van der Waals surface area contributed by atoms with Gasteiger partial charge >= 0.3 is 0 Å². The van der Waals surface area contributed by atoms with Crippen molar-refractivity contribution in [2.24, 2.45) is 0 Å². The van der Waals surface area contributed by atoms with E-state index in [9.17, 15) is 0 Å². The third-order valence-corrected chi connectivity index (χ3v) is 4.79. The van der Waals surface area contributed by atoms with Gasteiger partial charge in [-0.15, -0.1) is 0 Å². The lowest BCUT2D eigenvalue weighted by molar-refractivity contribution is -0.0933. The Labute approximate surface area is 144 Å². The maximum absolute atomic E-state index is 6.05. The van der Waals surface area contributed by atoms with Crippen molar-refractivity contribution in [3.63, 3.8) is 0 Å². The summed E-state index contributed by atoms with van der Waals surface area (Å²) in [7, 11) is 0. The minimum Gasteiger partial charge on any atom is -0.363 e. The summed E-state index contributed by atoms with van der Waals surface area (Å²) in [5.74, 6) is 1.92. The summed E-state index contributed by atoms with van der Waals surface area (Å²) in [5, 5.41) is 4.11. The van der Waals surface area contributed by atoms with Gasteiger partial charge in [0.05, 0.1) is 24.2 Å². The molecule has 3 aromatic rings. The molecule has 2 aliphatic rings. The molecule has 1 aliphatic carbocycles. The average Bonchev–Trinajstić information content (AvgIpc) is 3.21. The first kappa shape index (κ1) is 15.0. The highest BCUT2D eigenvalue weighted by Gasteiger charge is 2.34. The van der Waals surface area contributed by atoms with Crippen LogP contribution in [0.25, 0.3) is 5.65 Å². The smallest absolute Gasteiger partial charge is 0.257 e. The second-order valence-electron chi connectivity index (χ2n) is 6.95. The molecule has 0 spiro atoms. The number of imidazole rings is 1. The molecule has 2 fully saturated rings. The van der Waals surface area contributed by atoms with Crippen LogP contribution in [0.3, 0.4) is 0 Å². The first-order valence-electron chi connectivity index (χ1n) is 8.73. The Bertz CT molecular complexity index is 886. The SMILES string of the molecule is C[C@@H]1CN(Cc2cnc3cnccn23)C[C@H](c2nc(C3CC3)no2)O1. The van der Waals surface area contributed by atoms with Crippen LogP contribution >= 0.6 is 0 Å². The Morgan fingerprint density at radius 1 is 1.24 bits per heavy atom. The summed E-state index contributed by atoms with van der Waals surface area (Å²) in [6.45, 7) is 4.46. The molecule has 0 bridgehead atoms. The zero-order chi connectivity index (χ0) is 16.8. The van der Waals surface area contributed by atoms with Gasteiger partial charge in [0.25, 0.3) is 5.89 Å². The third kappa shape index (κ3) is 2.91. The van der Waals surface area contributed by atoms with Crippen LogP contribution in [0.15, 0.2) is 29.3 Å². The van der Waals surface area contributed by atoms with E-state index in [1.807, 2.05) is 12.4 Å². The number of aromatic nitrogens is 5. The molecule has 0 aromatic carbocycles. The zero-order valence-corrected chi connectivity index (χ0v) is 14.1. The molecular weight excluding hydrogens is 320 g/mol. The molecular formula is C17H20N6O2. The lowest BCUT2D eigenvalue weighted by Crippen LogP contribution is -2.42. The Morgan fingerprint density at radius 2 is 2.16 bits per heavy atom. The minimum atomic E-state index is -0.176. The first-order valence-corrected chi connectivity index (χ1v) is 8.73. The molecule has 4 heterocycles. The van der Waals surface area contributed by atoms with E-state index < -0.39 is 0 Å². The molecule has 0 radical (unpaired) electrons. The average molecular weight is 340 g/mol. The third-order valence-electron chi connectivity index (χ3n) is 4.79. The lowest BCUT2D eigenvalue weighted by atomic mass is 10.2. The summed E-state index contributed by atoms with van der Waals surface area (Å²) < 4.78 is 13.6. The topological polar surface area (TPSA) is 81.6 Å². The van der Waals surface area contributed by atoms with Gasteiger partial charge in [-0.1, -0.05) is 5.16 Å². The number of fused-ring (bicyclic) bond motifs is 1. The van der Waals surface area contributed by atoms with E-state index in [1.165, 1.54) is 0 Å². The fourth-order valence-electron chi connectivity index (χ4n) is 3.43. The number of hydrogen-bond acceptors (Lipinski definition) is 7. The van der Waals surface area contributed by atoms with Crippen LogP contribution in [0.1, 0.15) is 49.2 Å². The highest BCUT2D eigenvalue weighted by molar-refractivity contribution is 5.36. The molecule has 0 N–H and O–H groups in total. The second-order valence-corrected chi connectivity index (χ2v) is 6.95. The molecule has 1 aliphatic heterocycles.